The number of fused-ring (bicyclic) bond motifs is 1. The van der Waals surface area contributed by atoms with Gasteiger partial charge in [0, 0.05) is 35.4 Å². The van der Waals surface area contributed by atoms with Crippen LogP contribution < -0.4 is 4.74 Å². The summed E-state index contributed by atoms with van der Waals surface area (Å²) in [6.07, 6.45) is 5.47. The van der Waals surface area contributed by atoms with E-state index in [4.69, 9.17) is 4.74 Å². The largest absolute Gasteiger partial charge is 0.496 e. The number of aromatic nitrogens is 4. The fourth-order valence-corrected chi connectivity index (χ4v) is 4.54. The zero-order valence-corrected chi connectivity index (χ0v) is 16.6. The van der Waals surface area contributed by atoms with Crippen LogP contribution in [0.3, 0.4) is 0 Å². The van der Waals surface area contributed by atoms with Gasteiger partial charge in [-0.05, 0) is 44.2 Å². The lowest BCUT2D eigenvalue weighted by molar-refractivity contribution is 0.407. The number of sulfone groups is 1. The minimum Gasteiger partial charge on any atom is -0.496 e. The van der Waals surface area contributed by atoms with Gasteiger partial charge in [0.05, 0.1) is 23.8 Å². The first-order chi connectivity index (χ1) is 13.4. The first-order valence-electron chi connectivity index (χ1n) is 8.74. The van der Waals surface area contributed by atoms with Gasteiger partial charge < -0.3 is 14.3 Å². The fourth-order valence-electron chi connectivity index (χ4n) is 3.25. The topological polar surface area (TPSA) is 89.9 Å². The van der Waals surface area contributed by atoms with Crippen LogP contribution in [0.1, 0.15) is 16.8 Å². The third-order valence-corrected chi connectivity index (χ3v) is 6.15. The molecule has 4 rings (SSSR count). The summed E-state index contributed by atoms with van der Waals surface area (Å²) < 4.78 is 33.2. The van der Waals surface area contributed by atoms with Gasteiger partial charge in [-0.1, -0.05) is 0 Å². The molecule has 0 saturated heterocycles. The molecule has 7 nitrogen and oxygen atoms in total. The number of nitrogens with one attached hydrogen (secondary N) is 1. The lowest BCUT2D eigenvalue weighted by Crippen LogP contribution is -2.10. The Labute approximate surface area is 162 Å². The molecule has 3 heterocycles. The van der Waals surface area contributed by atoms with E-state index in [1.165, 1.54) is 0 Å². The number of methoxy groups -OCH3 is 1. The maximum Gasteiger partial charge on any atom is 0.226 e. The van der Waals surface area contributed by atoms with Crippen molar-refractivity contribution in [1.82, 2.24) is 19.5 Å². The Kier molecular flexibility index (Phi) is 4.43. The van der Waals surface area contributed by atoms with Crippen LogP contribution in [0.15, 0.2) is 54.1 Å². The third kappa shape index (κ3) is 3.16. The minimum absolute atomic E-state index is 0.0621. The highest BCUT2D eigenvalue weighted by Crippen LogP contribution is 2.27. The Morgan fingerprint density at radius 3 is 2.64 bits per heavy atom. The van der Waals surface area contributed by atoms with Gasteiger partial charge in [-0.2, -0.15) is 0 Å². The van der Waals surface area contributed by atoms with Crippen molar-refractivity contribution < 1.29 is 13.2 Å². The molecular weight excluding hydrogens is 376 g/mol. The van der Waals surface area contributed by atoms with E-state index in [1.807, 2.05) is 61.1 Å². The van der Waals surface area contributed by atoms with Crippen LogP contribution in [0.4, 0.5) is 0 Å². The second-order valence-electron chi connectivity index (χ2n) is 6.64. The molecule has 0 radical (unpaired) electrons. The molecule has 0 saturated carbocycles. The van der Waals surface area contributed by atoms with Gasteiger partial charge in [-0.15, -0.1) is 0 Å². The number of benzene rings is 1. The maximum absolute atomic E-state index is 12.9. The summed E-state index contributed by atoms with van der Waals surface area (Å²) in [7, 11) is -2.13. The van der Waals surface area contributed by atoms with Gasteiger partial charge >= 0.3 is 0 Å². The molecular formula is C20H20N4O3S. The average molecular weight is 396 g/mol. The molecule has 0 fully saturated rings. The average Bonchev–Trinajstić information content (AvgIpc) is 3.33. The van der Waals surface area contributed by atoms with E-state index in [0.29, 0.717) is 22.5 Å². The van der Waals surface area contributed by atoms with E-state index in [-0.39, 0.29) is 10.9 Å². The van der Waals surface area contributed by atoms with Crippen molar-refractivity contribution in [1.29, 1.82) is 0 Å². The number of pyridine rings is 1. The minimum atomic E-state index is -3.69. The molecule has 1 aromatic carbocycles. The molecule has 3 aromatic heterocycles. The summed E-state index contributed by atoms with van der Waals surface area (Å²) >= 11 is 0. The van der Waals surface area contributed by atoms with Crippen LogP contribution in [-0.2, 0) is 15.6 Å². The zero-order chi connectivity index (χ0) is 19.9. The Hall–Kier alpha value is -3.13. The van der Waals surface area contributed by atoms with Crippen molar-refractivity contribution >= 4 is 20.9 Å². The van der Waals surface area contributed by atoms with E-state index >= 15 is 0 Å². The van der Waals surface area contributed by atoms with Crippen LogP contribution in [0, 0.1) is 13.8 Å². The molecule has 0 spiro atoms. The Morgan fingerprint density at radius 2 is 1.93 bits per heavy atom. The van der Waals surface area contributed by atoms with Crippen LogP contribution in [0.2, 0.25) is 0 Å². The van der Waals surface area contributed by atoms with Crippen LogP contribution in [0.5, 0.6) is 5.75 Å². The molecule has 0 aliphatic carbocycles. The third-order valence-electron chi connectivity index (χ3n) is 4.72. The molecule has 28 heavy (non-hydrogen) atoms. The first kappa shape index (κ1) is 18.2. The summed E-state index contributed by atoms with van der Waals surface area (Å²) in [6, 6.07) is 9.44. The number of H-pyrrole nitrogens is 1. The van der Waals surface area contributed by atoms with Gasteiger partial charge in [0.1, 0.15) is 11.5 Å². The predicted octanol–water partition coefficient (Wildman–Crippen LogP) is 3.35. The number of aryl methyl sites for hydroxylation is 1. The summed E-state index contributed by atoms with van der Waals surface area (Å²) in [5.41, 5.74) is 4.21. The van der Waals surface area contributed by atoms with Crippen LogP contribution >= 0.6 is 0 Å². The van der Waals surface area contributed by atoms with E-state index < -0.39 is 9.84 Å². The highest BCUT2D eigenvalue weighted by Gasteiger charge is 2.23. The highest BCUT2D eigenvalue weighted by atomic mass is 32.2. The van der Waals surface area contributed by atoms with Crippen molar-refractivity contribution in [2.45, 2.75) is 24.8 Å². The zero-order valence-electron chi connectivity index (χ0n) is 15.8. The van der Waals surface area contributed by atoms with Gasteiger partial charge in [0.2, 0.25) is 15.0 Å². The number of nitrogens with zero attached hydrogens (tertiary/aromatic N) is 3. The van der Waals surface area contributed by atoms with E-state index in [9.17, 15) is 8.42 Å². The Morgan fingerprint density at radius 1 is 1.18 bits per heavy atom. The van der Waals surface area contributed by atoms with Crippen LogP contribution in [-0.4, -0.2) is 35.0 Å². The molecule has 0 bridgehead atoms. The molecule has 0 amide bonds. The Balaban J connectivity index is 1.71. The number of ether oxygens (including phenoxy) is 1. The quantitative estimate of drug-likeness (QED) is 0.559. The lowest BCUT2D eigenvalue weighted by Gasteiger charge is -2.11. The van der Waals surface area contributed by atoms with Crippen molar-refractivity contribution in [2.24, 2.45) is 0 Å². The van der Waals surface area contributed by atoms with E-state index in [2.05, 4.69) is 15.0 Å². The van der Waals surface area contributed by atoms with Crippen molar-refractivity contribution in [2.75, 3.05) is 7.11 Å². The molecule has 0 aliphatic heterocycles. The second-order valence-corrected chi connectivity index (χ2v) is 8.54. The summed E-state index contributed by atoms with van der Waals surface area (Å²) in [5, 5.41) is -0.0621. The number of hydrogen-bond donors (Lipinski definition) is 1. The number of hydrogen-bond acceptors (Lipinski definition) is 5. The standard InChI is InChI=1S/C20H20N4O3S/c1-13-11-21-18(14(2)19(13)27-3)12-28(25,26)20-22-16-7-6-15(10-17(16)23-20)24-8-4-5-9-24/h4-11H,12H2,1-3H3,(H,22,23). The van der Waals surface area contributed by atoms with Gasteiger partial charge in [0.25, 0.3) is 0 Å². The fraction of sp³-hybridized carbons (Fsp3) is 0.200. The molecule has 0 atom stereocenters. The smallest absolute Gasteiger partial charge is 0.226 e. The number of aromatic amines is 1. The first-order valence-corrected chi connectivity index (χ1v) is 10.4. The predicted molar refractivity (Wildman–Crippen MR) is 107 cm³/mol. The van der Waals surface area contributed by atoms with Crippen molar-refractivity contribution in [3.8, 4) is 11.4 Å². The van der Waals surface area contributed by atoms with Crippen molar-refractivity contribution in [3.63, 3.8) is 0 Å². The molecule has 144 valence electrons. The van der Waals surface area contributed by atoms with E-state index in [0.717, 1.165) is 16.8 Å². The normalized spacial score (nSPS) is 11.8. The maximum atomic E-state index is 12.9. The van der Waals surface area contributed by atoms with Crippen molar-refractivity contribution in [3.05, 3.63) is 65.7 Å². The lowest BCUT2D eigenvalue weighted by atomic mass is 10.1. The summed E-state index contributed by atoms with van der Waals surface area (Å²) in [4.78, 5) is 11.5. The van der Waals surface area contributed by atoms with E-state index in [1.54, 1.807) is 13.3 Å². The summed E-state index contributed by atoms with van der Waals surface area (Å²) in [5.74, 6) is 0.404. The number of rotatable bonds is 5. The Bertz CT molecular complexity index is 1260. The molecule has 0 aliphatic rings. The van der Waals surface area contributed by atoms with Crippen LogP contribution in [0.25, 0.3) is 16.7 Å². The van der Waals surface area contributed by atoms with Gasteiger partial charge in [-0.3, -0.25) is 4.98 Å². The molecule has 4 aromatic rings. The molecule has 1 N–H and O–H groups in total. The van der Waals surface area contributed by atoms with Gasteiger partial charge in [0.15, 0.2) is 0 Å². The highest BCUT2D eigenvalue weighted by molar-refractivity contribution is 7.90. The number of imidazole rings is 1. The van der Waals surface area contributed by atoms with Gasteiger partial charge in [-0.25, -0.2) is 13.4 Å². The molecule has 0 unspecified atom stereocenters. The molecule has 8 heteroatoms. The second kappa shape index (κ2) is 6.79. The summed E-state index contributed by atoms with van der Waals surface area (Å²) in [6.45, 7) is 3.68. The monoisotopic (exact) mass is 396 g/mol. The SMILES string of the molecule is COc1c(C)cnc(CS(=O)(=O)c2nc3cc(-n4cccc4)ccc3[nH]2)c1C.